The van der Waals surface area contributed by atoms with Gasteiger partial charge in [0.1, 0.15) is 5.82 Å². The molecule has 2 fully saturated rings. The first-order valence-electron chi connectivity index (χ1n) is 8.31. The smallest absolute Gasteiger partial charge is 0.323 e. The Kier molecular flexibility index (Phi) is 4.38. The van der Waals surface area contributed by atoms with Gasteiger partial charge in [0.15, 0.2) is 0 Å². The zero-order valence-corrected chi connectivity index (χ0v) is 13.5. The van der Waals surface area contributed by atoms with Gasteiger partial charge in [-0.2, -0.15) is 5.10 Å². The first-order valence-corrected chi connectivity index (χ1v) is 8.31. The maximum Gasteiger partial charge on any atom is 0.323 e. The number of hydrogen-bond acceptors (Lipinski definition) is 3. The molecule has 1 aromatic rings. The largest absolute Gasteiger partial charge is 0.391 e. The van der Waals surface area contributed by atoms with Crippen LogP contribution in [-0.2, 0) is 7.05 Å². The Morgan fingerprint density at radius 3 is 2.73 bits per heavy atom. The first kappa shape index (κ1) is 15.3. The van der Waals surface area contributed by atoms with Gasteiger partial charge in [0, 0.05) is 25.7 Å². The van der Waals surface area contributed by atoms with E-state index in [-0.39, 0.29) is 12.1 Å². The molecule has 0 unspecified atom stereocenters. The summed E-state index contributed by atoms with van der Waals surface area (Å²) in [6.45, 7) is 2.34. The second kappa shape index (κ2) is 6.28. The van der Waals surface area contributed by atoms with Crippen molar-refractivity contribution >= 4 is 11.8 Å². The number of carbonyl (C=O) groups excluding carboxylic acids is 1. The summed E-state index contributed by atoms with van der Waals surface area (Å²) in [7, 11) is 1.82. The molecule has 0 radical (unpaired) electrons. The van der Waals surface area contributed by atoms with Crippen molar-refractivity contribution in [2.24, 2.45) is 13.0 Å². The molecule has 2 amide bonds. The fraction of sp³-hybridized carbons (Fsp3) is 0.750. The van der Waals surface area contributed by atoms with Crippen molar-refractivity contribution < 1.29 is 9.90 Å². The molecule has 2 N–H and O–H groups in total. The molecule has 0 bridgehead atoms. The Bertz CT molecular complexity index is 536. The van der Waals surface area contributed by atoms with Crippen molar-refractivity contribution in [3.05, 3.63) is 11.8 Å². The van der Waals surface area contributed by atoms with Crippen LogP contribution < -0.4 is 5.32 Å². The first-order chi connectivity index (χ1) is 10.5. The molecular weight excluding hydrogens is 280 g/mol. The van der Waals surface area contributed by atoms with Crippen LogP contribution in [0.3, 0.4) is 0 Å². The van der Waals surface area contributed by atoms with Crippen molar-refractivity contribution in [2.45, 2.75) is 57.6 Å². The molecule has 0 spiro atoms. The number of nitrogens with zero attached hydrogens (tertiary/aromatic N) is 3. The molecule has 6 nitrogen and oxygen atoms in total. The summed E-state index contributed by atoms with van der Waals surface area (Å²) in [5, 5.41) is 17.2. The molecule has 22 heavy (non-hydrogen) atoms. The van der Waals surface area contributed by atoms with Crippen molar-refractivity contribution in [1.29, 1.82) is 0 Å². The standard InChI is InChI=1S/C16H26N4O2/c1-11-8-15(19(2)18-11)17-16(22)20-10-13(21)9-14(20)12-6-4-3-5-7-12/h8,12-14,21H,3-7,9-10H2,1-2H3,(H,17,22)/t13-,14+/m1/s1. The van der Waals surface area contributed by atoms with Crippen LogP contribution in [0, 0.1) is 12.8 Å². The fourth-order valence-corrected chi connectivity index (χ4v) is 3.95. The van der Waals surface area contributed by atoms with Gasteiger partial charge >= 0.3 is 6.03 Å². The third-order valence-electron chi connectivity index (χ3n) is 5.01. The second-order valence-electron chi connectivity index (χ2n) is 6.73. The minimum absolute atomic E-state index is 0.116. The third-order valence-corrected chi connectivity index (χ3v) is 5.01. The van der Waals surface area contributed by atoms with E-state index in [4.69, 9.17) is 0 Å². The highest BCUT2D eigenvalue weighted by molar-refractivity contribution is 5.89. The third kappa shape index (κ3) is 3.11. The number of amides is 2. The van der Waals surface area contributed by atoms with E-state index in [1.54, 1.807) is 4.68 Å². The number of β-amino-alcohol motifs (C(OH)–C–C–N with tert-alkyl or cyclic N) is 1. The molecule has 1 aromatic heterocycles. The number of aliphatic hydroxyl groups is 1. The molecule has 1 saturated carbocycles. The van der Waals surface area contributed by atoms with Crippen molar-refractivity contribution in [2.75, 3.05) is 11.9 Å². The fourth-order valence-electron chi connectivity index (χ4n) is 3.95. The Balaban J connectivity index is 1.70. The number of aryl methyl sites for hydroxylation is 2. The summed E-state index contributed by atoms with van der Waals surface area (Å²) >= 11 is 0. The number of urea groups is 1. The summed E-state index contributed by atoms with van der Waals surface area (Å²) < 4.78 is 1.68. The van der Waals surface area contributed by atoms with E-state index in [2.05, 4.69) is 10.4 Å². The highest BCUT2D eigenvalue weighted by atomic mass is 16.3. The van der Waals surface area contributed by atoms with E-state index in [0.717, 1.165) is 5.69 Å². The topological polar surface area (TPSA) is 70.4 Å². The van der Waals surface area contributed by atoms with Crippen LogP contribution >= 0.6 is 0 Å². The highest BCUT2D eigenvalue weighted by Crippen LogP contribution is 2.34. The predicted molar refractivity (Wildman–Crippen MR) is 84.7 cm³/mol. The zero-order chi connectivity index (χ0) is 15.7. The van der Waals surface area contributed by atoms with E-state index >= 15 is 0 Å². The van der Waals surface area contributed by atoms with Crippen LogP contribution in [0.4, 0.5) is 10.6 Å². The lowest BCUT2D eigenvalue weighted by Crippen LogP contribution is -2.43. The number of rotatable bonds is 2. The number of likely N-dealkylation sites (tertiary alicyclic amines) is 1. The Morgan fingerprint density at radius 2 is 2.09 bits per heavy atom. The van der Waals surface area contributed by atoms with Crippen LogP contribution in [0.5, 0.6) is 0 Å². The lowest BCUT2D eigenvalue weighted by Gasteiger charge is -2.33. The molecule has 1 saturated heterocycles. The molecule has 2 aliphatic rings. The van der Waals surface area contributed by atoms with Crippen LogP contribution in [0.2, 0.25) is 0 Å². The zero-order valence-electron chi connectivity index (χ0n) is 13.5. The molecule has 2 atom stereocenters. The summed E-state index contributed by atoms with van der Waals surface area (Å²) in [4.78, 5) is 14.5. The predicted octanol–water partition coefficient (Wildman–Crippen LogP) is 2.28. The van der Waals surface area contributed by atoms with Crippen LogP contribution in [0.15, 0.2) is 6.07 Å². The summed E-state index contributed by atoms with van der Waals surface area (Å²) in [6.07, 6.45) is 6.44. The monoisotopic (exact) mass is 306 g/mol. The van der Waals surface area contributed by atoms with Gasteiger partial charge in [0.25, 0.3) is 0 Å². The number of aromatic nitrogens is 2. The molecule has 2 heterocycles. The van der Waals surface area contributed by atoms with Crippen LogP contribution in [0.25, 0.3) is 0 Å². The van der Waals surface area contributed by atoms with Crippen LogP contribution in [-0.4, -0.2) is 44.5 Å². The van der Waals surface area contributed by atoms with Gasteiger partial charge in [0.05, 0.1) is 11.8 Å². The molecule has 122 valence electrons. The van der Waals surface area contributed by atoms with Gasteiger partial charge in [-0.1, -0.05) is 19.3 Å². The summed E-state index contributed by atoms with van der Waals surface area (Å²) in [6, 6.07) is 1.92. The number of carbonyl (C=O) groups is 1. The van der Waals surface area contributed by atoms with E-state index in [1.165, 1.54) is 32.1 Å². The summed E-state index contributed by atoms with van der Waals surface area (Å²) in [5.74, 6) is 1.23. The molecule has 6 heteroatoms. The van der Waals surface area contributed by atoms with E-state index in [1.807, 2.05) is 24.9 Å². The lowest BCUT2D eigenvalue weighted by atomic mass is 9.83. The quantitative estimate of drug-likeness (QED) is 0.880. The van der Waals surface area contributed by atoms with E-state index < -0.39 is 6.10 Å². The second-order valence-corrected chi connectivity index (χ2v) is 6.73. The maximum atomic E-state index is 12.6. The minimum Gasteiger partial charge on any atom is -0.391 e. The SMILES string of the molecule is Cc1cc(NC(=O)N2C[C@H](O)C[C@H]2C2CCCCC2)n(C)n1. The average molecular weight is 306 g/mol. The number of anilines is 1. The number of nitrogens with one attached hydrogen (secondary N) is 1. The van der Waals surface area contributed by atoms with Crippen molar-refractivity contribution in [3.63, 3.8) is 0 Å². The Morgan fingerprint density at radius 1 is 1.36 bits per heavy atom. The molecule has 1 aliphatic heterocycles. The Hall–Kier alpha value is -1.56. The van der Waals surface area contributed by atoms with Gasteiger partial charge in [-0.05, 0) is 32.1 Å². The molecular formula is C16H26N4O2. The number of hydrogen-bond donors (Lipinski definition) is 2. The molecule has 0 aromatic carbocycles. The van der Waals surface area contributed by atoms with E-state index in [9.17, 15) is 9.90 Å². The highest BCUT2D eigenvalue weighted by Gasteiger charge is 2.39. The average Bonchev–Trinajstić information content (AvgIpc) is 3.03. The van der Waals surface area contributed by atoms with Crippen molar-refractivity contribution in [3.8, 4) is 0 Å². The van der Waals surface area contributed by atoms with E-state index in [0.29, 0.717) is 24.7 Å². The molecule has 3 rings (SSSR count). The van der Waals surface area contributed by atoms with Crippen LogP contribution in [0.1, 0.15) is 44.2 Å². The van der Waals surface area contributed by atoms with Gasteiger partial charge < -0.3 is 10.0 Å². The minimum atomic E-state index is -0.397. The Labute approximate surface area is 131 Å². The van der Waals surface area contributed by atoms with Gasteiger partial charge in [0.2, 0.25) is 0 Å². The van der Waals surface area contributed by atoms with Gasteiger partial charge in [-0.15, -0.1) is 0 Å². The molecule has 1 aliphatic carbocycles. The maximum absolute atomic E-state index is 12.6. The van der Waals surface area contributed by atoms with Crippen molar-refractivity contribution in [1.82, 2.24) is 14.7 Å². The number of aliphatic hydroxyl groups excluding tert-OH is 1. The summed E-state index contributed by atoms with van der Waals surface area (Å²) in [5.41, 5.74) is 0.878. The van der Waals surface area contributed by atoms with Gasteiger partial charge in [-0.25, -0.2) is 4.79 Å². The van der Waals surface area contributed by atoms with Gasteiger partial charge in [-0.3, -0.25) is 10.00 Å². The lowest BCUT2D eigenvalue weighted by molar-refractivity contribution is 0.164. The normalized spacial score (nSPS) is 26.4.